The molecule has 2 fully saturated rings. The Morgan fingerprint density at radius 2 is 2.08 bits per heavy atom. The van der Waals surface area contributed by atoms with E-state index in [0.29, 0.717) is 31.1 Å². The molecule has 1 aliphatic heterocycles. The molecule has 0 bridgehead atoms. The van der Waals surface area contributed by atoms with Gasteiger partial charge in [0.2, 0.25) is 15.9 Å². The van der Waals surface area contributed by atoms with Gasteiger partial charge < -0.3 is 5.32 Å². The molecule has 24 heavy (non-hydrogen) atoms. The highest BCUT2D eigenvalue weighted by Crippen LogP contribution is 2.33. The summed E-state index contributed by atoms with van der Waals surface area (Å²) in [6, 6.07) is 1.27. The molecule has 1 unspecified atom stereocenters. The van der Waals surface area contributed by atoms with Crippen molar-refractivity contribution in [1.82, 2.24) is 14.5 Å². The Balaban J connectivity index is 1.66. The number of H-pyrrole nitrogens is 1. The quantitative estimate of drug-likeness (QED) is 0.819. The van der Waals surface area contributed by atoms with E-state index in [9.17, 15) is 13.2 Å². The molecule has 2 heterocycles. The molecule has 3 rings (SSSR count). The van der Waals surface area contributed by atoms with Crippen molar-refractivity contribution in [3.8, 4) is 0 Å². The van der Waals surface area contributed by atoms with Gasteiger partial charge in [-0.05, 0) is 32.1 Å². The van der Waals surface area contributed by atoms with Gasteiger partial charge in [-0.3, -0.25) is 9.89 Å². The average Bonchev–Trinajstić information content (AvgIpc) is 3.28. The second-order valence-corrected chi connectivity index (χ2v) is 8.81. The van der Waals surface area contributed by atoms with Gasteiger partial charge in [-0.2, -0.15) is 9.40 Å². The average molecular weight is 354 g/mol. The summed E-state index contributed by atoms with van der Waals surface area (Å²) in [6.07, 6.45) is 6.61. The Morgan fingerprint density at radius 3 is 2.79 bits per heavy atom. The first-order valence-corrected chi connectivity index (χ1v) is 10.5. The number of carbonyl (C=O) groups excluding carboxylic acids is 1. The molecule has 0 radical (unpaired) electrons. The Kier molecular flexibility index (Phi) is 5.24. The zero-order valence-corrected chi connectivity index (χ0v) is 14.9. The third kappa shape index (κ3) is 3.64. The summed E-state index contributed by atoms with van der Waals surface area (Å²) in [7, 11) is -3.36. The lowest BCUT2D eigenvalue weighted by atomic mass is 10.0. The van der Waals surface area contributed by atoms with Crippen LogP contribution in [0.25, 0.3) is 0 Å². The minimum Gasteiger partial charge on any atom is -0.308 e. The summed E-state index contributed by atoms with van der Waals surface area (Å²) >= 11 is 0. The fourth-order valence-corrected chi connectivity index (χ4v) is 5.51. The fourth-order valence-electron chi connectivity index (χ4n) is 3.77. The highest BCUT2D eigenvalue weighted by Gasteiger charge is 2.38. The summed E-state index contributed by atoms with van der Waals surface area (Å²) < 4.78 is 26.0. The zero-order valence-electron chi connectivity index (χ0n) is 14.1. The van der Waals surface area contributed by atoms with Crippen LogP contribution in [0, 0.1) is 0 Å². The van der Waals surface area contributed by atoms with Crippen LogP contribution >= 0.6 is 0 Å². The highest BCUT2D eigenvalue weighted by molar-refractivity contribution is 7.89. The van der Waals surface area contributed by atoms with Gasteiger partial charge in [0.1, 0.15) is 6.04 Å². The predicted octanol–water partition coefficient (Wildman–Crippen LogP) is 2.21. The van der Waals surface area contributed by atoms with Gasteiger partial charge in [0.05, 0.1) is 5.75 Å². The van der Waals surface area contributed by atoms with Crippen molar-refractivity contribution >= 4 is 21.7 Å². The molecule has 1 aromatic heterocycles. The number of hydrogen-bond donors (Lipinski definition) is 2. The molecule has 1 saturated carbocycles. The van der Waals surface area contributed by atoms with Crippen LogP contribution in [0.4, 0.5) is 5.82 Å². The van der Waals surface area contributed by atoms with E-state index in [1.54, 1.807) is 0 Å². The van der Waals surface area contributed by atoms with Crippen molar-refractivity contribution in [1.29, 1.82) is 0 Å². The molecule has 1 saturated heterocycles. The maximum Gasteiger partial charge on any atom is 0.244 e. The Labute approximate surface area is 143 Å². The summed E-state index contributed by atoms with van der Waals surface area (Å²) in [4.78, 5) is 12.5. The maximum atomic E-state index is 12.5. The third-order valence-electron chi connectivity index (χ3n) is 4.97. The highest BCUT2D eigenvalue weighted by atomic mass is 32.2. The summed E-state index contributed by atoms with van der Waals surface area (Å²) in [5.41, 5.74) is 1.06. The SMILES string of the molecule is CCCS(=O)(=O)N1CCCC1C(=O)Nc1cc(C2CCCC2)[nH]n1. The molecule has 0 aromatic carbocycles. The molecule has 1 aliphatic carbocycles. The van der Waals surface area contributed by atoms with E-state index in [4.69, 9.17) is 0 Å². The molecule has 1 amide bonds. The van der Waals surface area contributed by atoms with Crippen LogP contribution in [0.1, 0.15) is 63.5 Å². The van der Waals surface area contributed by atoms with Crippen molar-refractivity contribution in [2.75, 3.05) is 17.6 Å². The maximum absolute atomic E-state index is 12.5. The number of hydrogen-bond acceptors (Lipinski definition) is 4. The van der Waals surface area contributed by atoms with E-state index < -0.39 is 16.1 Å². The van der Waals surface area contributed by atoms with E-state index >= 15 is 0 Å². The van der Waals surface area contributed by atoms with Crippen LogP contribution in [-0.4, -0.2) is 47.2 Å². The second kappa shape index (κ2) is 7.23. The molecule has 1 aromatic rings. The van der Waals surface area contributed by atoms with Gasteiger partial charge >= 0.3 is 0 Å². The Hall–Kier alpha value is -1.41. The number of amides is 1. The molecule has 7 nitrogen and oxygen atoms in total. The lowest BCUT2D eigenvalue weighted by molar-refractivity contribution is -0.119. The van der Waals surface area contributed by atoms with Crippen molar-refractivity contribution in [3.05, 3.63) is 11.8 Å². The Bertz CT molecular complexity index is 679. The lowest BCUT2D eigenvalue weighted by Crippen LogP contribution is -2.44. The van der Waals surface area contributed by atoms with Crippen LogP contribution in [-0.2, 0) is 14.8 Å². The monoisotopic (exact) mass is 354 g/mol. The zero-order chi connectivity index (χ0) is 17.2. The van der Waals surface area contributed by atoms with Gasteiger partial charge in [-0.15, -0.1) is 0 Å². The van der Waals surface area contributed by atoms with Crippen molar-refractivity contribution < 1.29 is 13.2 Å². The van der Waals surface area contributed by atoms with Gasteiger partial charge in [0.15, 0.2) is 5.82 Å². The number of anilines is 1. The van der Waals surface area contributed by atoms with Crippen molar-refractivity contribution in [3.63, 3.8) is 0 Å². The van der Waals surface area contributed by atoms with Gasteiger partial charge in [-0.1, -0.05) is 19.8 Å². The van der Waals surface area contributed by atoms with Crippen LogP contribution < -0.4 is 5.32 Å². The number of nitrogens with one attached hydrogen (secondary N) is 2. The number of aromatic nitrogens is 2. The number of carbonyl (C=O) groups is 1. The molecular weight excluding hydrogens is 328 g/mol. The van der Waals surface area contributed by atoms with Crippen LogP contribution in [0.15, 0.2) is 6.07 Å². The summed E-state index contributed by atoms with van der Waals surface area (Å²) in [6.45, 7) is 2.26. The number of sulfonamides is 1. The first-order valence-electron chi connectivity index (χ1n) is 8.87. The van der Waals surface area contributed by atoms with Crippen LogP contribution in [0.3, 0.4) is 0 Å². The van der Waals surface area contributed by atoms with Gasteiger partial charge in [0, 0.05) is 24.2 Å². The molecule has 0 spiro atoms. The molecule has 8 heteroatoms. The smallest absolute Gasteiger partial charge is 0.244 e. The Morgan fingerprint density at radius 1 is 1.33 bits per heavy atom. The normalized spacial score (nSPS) is 23.0. The van der Waals surface area contributed by atoms with E-state index in [2.05, 4.69) is 15.5 Å². The van der Waals surface area contributed by atoms with Crippen molar-refractivity contribution in [2.45, 2.75) is 63.8 Å². The molecule has 2 aliphatic rings. The first-order chi connectivity index (χ1) is 11.5. The van der Waals surface area contributed by atoms with E-state index in [1.165, 1.54) is 17.1 Å². The molecule has 2 N–H and O–H groups in total. The fraction of sp³-hybridized carbons (Fsp3) is 0.750. The molecule has 134 valence electrons. The molecule has 1 atom stereocenters. The molecular formula is C16H26N4O3S. The van der Waals surface area contributed by atoms with E-state index in [0.717, 1.165) is 25.0 Å². The minimum atomic E-state index is -3.36. The van der Waals surface area contributed by atoms with Gasteiger partial charge in [0.25, 0.3) is 0 Å². The first kappa shape index (κ1) is 17.4. The standard InChI is InChI=1S/C16H26N4O3S/c1-2-10-24(22,23)20-9-5-8-14(20)16(21)17-15-11-13(18-19-15)12-6-3-4-7-12/h11-12,14H,2-10H2,1H3,(H2,17,18,19,21). The minimum absolute atomic E-state index is 0.0883. The lowest BCUT2D eigenvalue weighted by Gasteiger charge is -2.22. The largest absolute Gasteiger partial charge is 0.308 e. The van der Waals surface area contributed by atoms with Crippen LogP contribution in [0.5, 0.6) is 0 Å². The third-order valence-corrected chi connectivity index (χ3v) is 7.05. The number of nitrogens with zero attached hydrogens (tertiary/aromatic N) is 2. The van der Waals surface area contributed by atoms with Gasteiger partial charge in [-0.25, -0.2) is 8.42 Å². The van der Waals surface area contributed by atoms with E-state index in [1.807, 2.05) is 13.0 Å². The summed E-state index contributed by atoms with van der Waals surface area (Å²) in [5.74, 6) is 0.791. The predicted molar refractivity (Wildman–Crippen MR) is 92.2 cm³/mol. The number of aromatic amines is 1. The topological polar surface area (TPSA) is 95.2 Å². The summed E-state index contributed by atoms with van der Waals surface area (Å²) in [5, 5.41) is 9.96. The second-order valence-electron chi connectivity index (χ2n) is 6.76. The van der Waals surface area contributed by atoms with Crippen LogP contribution in [0.2, 0.25) is 0 Å². The van der Waals surface area contributed by atoms with E-state index in [-0.39, 0.29) is 11.7 Å². The van der Waals surface area contributed by atoms with Crippen molar-refractivity contribution in [2.24, 2.45) is 0 Å². The number of rotatable bonds is 6.